The fraction of sp³-hybridized carbons (Fsp3) is 1.00. The van der Waals surface area contributed by atoms with E-state index in [0.717, 1.165) is 65.3 Å². The van der Waals surface area contributed by atoms with E-state index >= 15 is 0 Å². The lowest BCUT2D eigenvalue weighted by atomic mass is 10.1. The summed E-state index contributed by atoms with van der Waals surface area (Å²) in [6.07, 6.45) is 24.8. The molecule has 0 amide bonds. The van der Waals surface area contributed by atoms with Gasteiger partial charge in [0.05, 0.1) is 0 Å². The van der Waals surface area contributed by atoms with Gasteiger partial charge in [-0.15, -0.1) is 0 Å². The third-order valence-corrected chi connectivity index (χ3v) is 7.49. The molecule has 0 aromatic rings. The summed E-state index contributed by atoms with van der Waals surface area (Å²) in [6, 6.07) is 0. The molecule has 0 saturated carbocycles. The quantitative estimate of drug-likeness (QED) is 0.110. The molecule has 36 heavy (non-hydrogen) atoms. The smallest absolute Gasteiger partial charge is 0.157 e. The van der Waals surface area contributed by atoms with Crippen molar-refractivity contribution < 1.29 is 24.1 Å². The van der Waals surface area contributed by atoms with Crippen LogP contribution < -0.4 is 0 Å². The summed E-state index contributed by atoms with van der Waals surface area (Å²) in [5, 5.41) is 8.58. The van der Waals surface area contributed by atoms with Gasteiger partial charge in [0.15, 0.2) is 6.29 Å². The lowest BCUT2D eigenvalue weighted by Gasteiger charge is -2.22. The minimum absolute atomic E-state index is 0.0817. The Morgan fingerprint density at radius 3 is 1.56 bits per heavy atom. The van der Waals surface area contributed by atoms with Crippen LogP contribution >= 0.6 is 23.5 Å². The molecule has 0 radical (unpaired) electrons. The number of thioether (sulfide) groups is 2. The Kier molecular flexibility index (Phi) is 34.0. The van der Waals surface area contributed by atoms with Gasteiger partial charge in [0, 0.05) is 46.2 Å². The Balaban J connectivity index is 0.000000723. The van der Waals surface area contributed by atoms with Crippen molar-refractivity contribution >= 4 is 23.5 Å². The topological polar surface area (TPSA) is 57.2 Å². The van der Waals surface area contributed by atoms with Crippen LogP contribution in [0.15, 0.2) is 0 Å². The van der Waals surface area contributed by atoms with Crippen molar-refractivity contribution in [2.45, 2.75) is 115 Å². The van der Waals surface area contributed by atoms with Crippen LogP contribution in [0.3, 0.4) is 0 Å². The SMILES string of the molecule is CSCCCCOCCCCCCCO.CSCCCCOCCCCCCCOC1CCCCO1. The number of rotatable bonds is 26. The number of aliphatic hydroxyl groups excluding tert-OH is 1. The molecule has 1 saturated heterocycles. The molecule has 1 N–H and O–H groups in total. The van der Waals surface area contributed by atoms with Gasteiger partial charge in [-0.25, -0.2) is 0 Å². The van der Waals surface area contributed by atoms with Crippen molar-refractivity contribution in [1.82, 2.24) is 0 Å². The van der Waals surface area contributed by atoms with Crippen LogP contribution in [0.25, 0.3) is 0 Å². The molecule has 1 atom stereocenters. The van der Waals surface area contributed by atoms with Crippen LogP contribution in [0.1, 0.15) is 109 Å². The molecular weight excluding hydrogens is 492 g/mol. The number of hydrogen-bond acceptors (Lipinski definition) is 7. The molecule has 0 spiro atoms. The van der Waals surface area contributed by atoms with Crippen LogP contribution in [0.2, 0.25) is 0 Å². The van der Waals surface area contributed by atoms with Crippen molar-refractivity contribution in [2.75, 3.05) is 70.3 Å². The predicted octanol–water partition coefficient (Wildman–Crippen LogP) is 7.73. The largest absolute Gasteiger partial charge is 0.396 e. The van der Waals surface area contributed by atoms with E-state index in [1.54, 1.807) is 0 Å². The molecule has 5 nitrogen and oxygen atoms in total. The zero-order valence-corrected chi connectivity index (χ0v) is 25.5. The lowest BCUT2D eigenvalue weighted by molar-refractivity contribution is -0.162. The lowest BCUT2D eigenvalue weighted by Crippen LogP contribution is -2.22. The maximum Gasteiger partial charge on any atom is 0.157 e. The van der Waals surface area contributed by atoms with Gasteiger partial charge in [0.25, 0.3) is 0 Å². The van der Waals surface area contributed by atoms with Crippen LogP contribution in [-0.2, 0) is 18.9 Å². The number of hydrogen-bond donors (Lipinski definition) is 1. The Hall–Kier alpha value is 0.500. The number of aliphatic hydroxyl groups is 1. The molecule has 218 valence electrons. The monoisotopic (exact) mass is 552 g/mol. The van der Waals surface area contributed by atoms with Gasteiger partial charge >= 0.3 is 0 Å². The van der Waals surface area contributed by atoms with Crippen LogP contribution in [0, 0.1) is 0 Å². The highest BCUT2D eigenvalue weighted by molar-refractivity contribution is 7.98. The van der Waals surface area contributed by atoms with Gasteiger partial charge in [-0.3, -0.25) is 0 Å². The molecule has 0 bridgehead atoms. The molecule has 1 aliphatic rings. The average Bonchev–Trinajstić information content (AvgIpc) is 2.91. The molecule has 0 aromatic carbocycles. The summed E-state index contributed by atoms with van der Waals surface area (Å²) in [4.78, 5) is 0. The second-order valence-corrected chi connectivity index (χ2v) is 11.5. The number of unbranched alkanes of at least 4 members (excludes halogenated alkanes) is 10. The Morgan fingerprint density at radius 2 is 1.08 bits per heavy atom. The molecule has 0 aliphatic carbocycles. The Bertz CT molecular complexity index is 373. The zero-order chi connectivity index (χ0) is 26.2. The first-order chi connectivity index (χ1) is 17.8. The van der Waals surface area contributed by atoms with E-state index in [0.29, 0.717) is 6.61 Å². The first kappa shape index (κ1) is 36.5. The number of ether oxygens (including phenoxy) is 4. The van der Waals surface area contributed by atoms with E-state index in [1.165, 1.54) is 95.0 Å². The summed E-state index contributed by atoms with van der Waals surface area (Å²) in [5.74, 6) is 2.52. The molecular formula is C29H60O5S2. The second-order valence-electron chi connectivity index (χ2n) is 9.55. The third-order valence-electron chi connectivity index (χ3n) is 6.10. The molecule has 1 heterocycles. The fourth-order valence-electron chi connectivity index (χ4n) is 3.85. The van der Waals surface area contributed by atoms with Crippen molar-refractivity contribution in [3.8, 4) is 0 Å². The van der Waals surface area contributed by atoms with Crippen molar-refractivity contribution in [3.05, 3.63) is 0 Å². The maximum atomic E-state index is 8.58. The van der Waals surface area contributed by atoms with Crippen LogP contribution in [0.5, 0.6) is 0 Å². The third kappa shape index (κ3) is 30.7. The molecule has 0 aromatic heterocycles. The summed E-state index contributed by atoms with van der Waals surface area (Å²) in [5.41, 5.74) is 0. The zero-order valence-electron chi connectivity index (χ0n) is 23.9. The minimum atomic E-state index is 0.0817. The first-order valence-electron chi connectivity index (χ1n) is 14.8. The Labute approximate surface area is 232 Å². The highest BCUT2D eigenvalue weighted by Gasteiger charge is 2.13. The molecule has 1 aliphatic heterocycles. The summed E-state index contributed by atoms with van der Waals surface area (Å²) < 4.78 is 22.4. The van der Waals surface area contributed by atoms with Crippen LogP contribution in [-0.4, -0.2) is 81.7 Å². The second kappa shape index (κ2) is 33.5. The molecule has 7 heteroatoms. The van der Waals surface area contributed by atoms with Crippen molar-refractivity contribution in [3.63, 3.8) is 0 Å². The molecule has 1 rings (SSSR count). The highest BCUT2D eigenvalue weighted by Crippen LogP contribution is 2.14. The predicted molar refractivity (Wildman–Crippen MR) is 160 cm³/mol. The summed E-state index contributed by atoms with van der Waals surface area (Å²) >= 11 is 3.82. The summed E-state index contributed by atoms with van der Waals surface area (Å²) in [6.45, 7) is 5.79. The van der Waals surface area contributed by atoms with E-state index < -0.39 is 0 Å². The Morgan fingerprint density at radius 1 is 0.611 bits per heavy atom. The van der Waals surface area contributed by atoms with E-state index in [9.17, 15) is 0 Å². The van der Waals surface area contributed by atoms with E-state index in [-0.39, 0.29) is 6.29 Å². The van der Waals surface area contributed by atoms with E-state index in [1.807, 2.05) is 23.5 Å². The van der Waals surface area contributed by atoms with Crippen molar-refractivity contribution in [2.24, 2.45) is 0 Å². The van der Waals surface area contributed by atoms with Gasteiger partial charge in [-0.05, 0) is 94.6 Å². The fourth-order valence-corrected chi connectivity index (χ4v) is 4.83. The van der Waals surface area contributed by atoms with Crippen molar-refractivity contribution in [1.29, 1.82) is 0 Å². The first-order valence-corrected chi connectivity index (χ1v) is 17.6. The molecule has 1 unspecified atom stereocenters. The molecule has 1 fully saturated rings. The minimum Gasteiger partial charge on any atom is -0.396 e. The van der Waals surface area contributed by atoms with Gasteiger partial charge in [0.2, 0.25) is 0 Å². The van der Waals surface area contributed by atoms with E-state index in [4.69, 9.17) is 24.1 Å². The normalized spacial score (nSPS) is 15.6. The maximum absolute atomic E-state index is 8.58. The summed E-state index contributed by atoms with van der Waals surface area (Å²) in [7, 11) is 0. The van der Waals surface area contributed by atoms with E-state index in [2.05, 4.69) is 12.5 Å². The van der Waals surface area contributed by atoms with Gasteiger partial charge in [-0.1, -0.05) is 38.5 Å². The van der Waals surface area contributed by atoms with Crippen LogP contribution in [0.4, 0.5) is 0 Å². The standard InChI is InChI=1S/C17H34O3S.C12H26O2S/c1-21-16-10-9-13-18-12-6-3-2-4-7-14-19-17-11-5-8-15-20-17;1-15-12-8-7-11-14-10-6-4-2-3-5-9-13/h17H,2-16H2,1H3;13H,2-12H2,1H3. The van der Waals surface area contributed by atoms with Gasteiger partial charge in [0.1, 0.15) is 0 Å². The van der Waals surface area contributed by atoms with Gasteiger partial charge in [-0.2, -0.15) is 23.5 Å². The van der Waals surface area contributed by atoms with Gasteiger partial charge < -0.3 is 24.1 Å². The highest BCUT2D eigenvalue weighted by atomic mass is 32.2. The average molecular weight is 553 g/mol.